The Bertz CT molecular complexity index is 1010. The fourth-order valence-corrected chi connectivity index (χ4v) is 6.18. The third kappa shape index (κ3) is 6.63. The van der Waals surface area contributed by atoms with Crippen molar-refractivity contribution in [3.8, 4) is 0 Å². The molecule has 3 heterocycles. The van der Waals surface area contributed by atoms with Gasteiger partial charge in [-0.05, 0) is 44.2 Å². The van der Waals surface area contributed by atoms with E-state index in [2.05, 4.69) is 10.3 Å². The number of nitrogens with two attached hydrogens (primary N) is 1. The summed E-state index contributed by atoms with van der Waals surface area (Å²) in [6.07, 6.45) is 2.81. The summed E-state index contributed by atoms with van der Waals surface area (Å²) in [6.45, 7) is 6.09. The molecule has 35 heavy (non-hydrogen) atoms. The van der Waals surface area contributed by atoms with Crippen molar-refractivity contribution in [3.05, 3.63) is 30.1 Å². The molecule has 11 nitrogen and oxygen atoms in total. The predicted molar refractivity (Wildman–Crippen MR) is 130 cm³/mol. The number of ketones is 1. The van der Waals surface area contributed by atoms with Gasteiger partial charge < -0.3 is 16.0 Å². The third-order valence-corrected chi connectivity index (χ3v) is 8.58. The van der Waals surface area contributed by atoms with Gasteiger partial charge in [0.05, 0.1) is 18.6 Å². The molecule has 0 aliphatic carbocycles. The van der Waals surface area contributed by atoms with Crippen LogP contribution in [0.15, 0.2) is 24.4 Å². The van der Waals surface area contributed by atoms with Gasteiger partial charge >= 0.3 is 0 Å². The smallest absolute Gasteiger partial charge is 0.282 e. The SMILES string of the molecule is CC(C)C[C@H](N)C(=O)N[C@H]1CC[C@@H](C)N(S(=O)(=O)N2CCN(C(=O)c3ccccn3)CC2)CC1=O. The minimum absolute atomic E-state index is 0.128. The Labute approximate surface area is 207 Å². The zero-order valence-corrected chi connectivity index (χ0v) is 21.4. The summed E-state index contributed by atoms with van der Waals surface area (Å²) >= 11 is 0. The van der Waals surface area contributed by atoms with Crippen LogP contribution in [0, 0.1) is 5.92 Å². The number of piperazine rings is 1. The van der Waals surface area contributed by atoms with Gasteiger partial charge in [0.15, 0.2) is 5.78 Å². The molecule has 3 rings (SSSR count). The Hall–Kier alpha value is -2.41. The van der Waals surface area contributed by atoms with Gasteiger partial charge in [-0.1, -0.05) is 19.9 Å². The predicted octanol–water partition coefficient (Wildman–Crippen LogP) is -0.00420. The molecule has 0 spiro atoms. The highest BCUT2D eigenvalue weighted by atomic mass is 32.2. The summed E-state index contributed by atoms with van der Waals surface area (Å²) in [5.41, 5.74) is 6.26. The van der Waals surface area contributed by atoms with Crippen molar-refractivity contribution in [1.29, 1.82) is 0 Å². The molecule has 3 atom stereocenters. The molecule has 0 aromatic carbocycles. The summed E-state index contributed by atoms with van der Waals surface area (Å²) in [7, 11) is -3.93. The van der Waals surface area contributed by atoms with E-state index in [0.717, 1.165) is 0 Å². The summed E-state index contributed by atoms with van der Waals surface area (Å²) in [6, 6.07) is 3.18. The first-order valence-corrected chi connectivity index (χ1v) is 13.5. The number of nitrogens with one attached hydrogen (secondary N) is 1. The third-order valence-electron chi connectivity index (χ3n) is 6.48. The lowest BCUT2D eigenvalue weighted by Crippen LogP contribution is -2.56. The monoisotopic (exact) mass is 508 g/mol. The highest BCUT2D eigenvalue weighted by Gasteiger charge is 2.40. The largest absolute Gasteiger partial charge is 0.345 e. The molecule has 2 aliphatic heterocycles. The Morgan fingerprint density at radius 3 is 2.46 bits per heavy atom. The van der Waals surface area contributed by atoms with Crippen molar-refractivity contribution >= 4 is 27.8 Å². The van der Waals surface area contributed by atoms with Crippen molar-refractivity contribution < 1.29 is 22.8 Å². The summed E-state index contributed by atoms with van der Waals surface area (Å²) in [5.74, 6) is -0.752. The van der Waals surface area contributed by atoms with E-state index < -0.39 is 34.2 Å². The average molecular weight is 509 g/mol. The number of hydrogen-bond acceptors (Lipinski definition) is 7. The number of amides is 2. The zero-order valence-electron chi connectivity index (χ0n) is 20.6. The number of rotatable bonds is 7. The van der Waals surface area contributed by atoms with Crippen molar-refractivity contribution in [2.45, 2.75) is 58.2 Å². The number of carbonyl (C=O) groups is 3. The zero-order chi connectivity index (χ0) is 25.8. The van der Waals surface area contributed by atoms with E-state index in [0.29, 0.717) is 25.0 Å². The van der Waals surface area contributed by atoms with E-state index in [4.69, 9.17) is 5.73 Å². The molecule has 0 unspecified atom stereocenters. The van der Waals surface area contributed by atoms with Crippen LogP contribution in [0.1, 0.15) is 50.5 Å². The van der Waals surface area contributed by atoms with Crippen LogP contribution in [-0.4, -0.2) is 95.4 Å². The van der Waals surface area contributed by atoms with Gasteiger partial charge in [0.25, 0.3) is 16.1 Å². The van der Waals surface area contributed by atoms with Crippen LogP contribution < -0.4 is 11.1 Å². The molecular formula is C23H36N6O5S. The van der Waals surface area contributed by atoms with Crippen LogP contribution in [0.3, 0.4) is 0 Å². The highest BCUT2D eigenvalue weighted by Crippen LogP contribution is 2.22. The van der Waals surface area contributed by atoms with Gasteiger partial charge in [-0.25, -0.2) is 0 Å². The Morgan fingerprint density at radius 2 is 1.86 bits per heavy atom. The standard InChI is InChI=1S/C23H36N6O5S/c1-16(2)14-18(24)22(31)26-19-8-7-17(3)29(15-21(19)30)35(33,34)28-12-10-27(11-13-28)23(32)20-6-4-5-9-25-20/h4-6,9,16-19H,7-8,10-15,24H2,1-3H3,(H,26,31)/t17-,18+,19+/m1/s1. The lowest BCUT2D eigenvalue weighted by atomic mass is 10.0. The van der Waals surface area contributed by atoms with Crippen LogP contribution in [-0.2, 0) is 19.8 Å². The molecule has 2 fully saturated rings. The Morgan fingerprint density at radius 1 is 1.17 bits per heavy atom. The summed E-state index contributed by atoms with van der Waals surface area (Å²) < 4.78 is 29.4. The van der Waals surface area contributed by atoms with Gasteiger partial charge in [-0.3, -0.25) is 19.4 Å². The van der Waals surface area contributed by atoms with Crippen molar-refractivity contribution in [1.82, 2.24) is 23.8 Å². The maximum absolute atomic E-state index is 13.4. The number of pyridine rings is 1. The first-order valence-electron chi connectivity index (χ1n) is 12.1. The quantitative estimate of drug-likeness (QED) is 0.527. The lowest BCUT2D eigenvalue weighted by Gasteiger charge is -2.37. The van der Waals surface area contributed by atoms with Gasteiger partial charge in [0.2, 0.25) is 5.91 Å². The second-order valence-electron chi connectivity index (χ2n) is 9.65. The van der Waals surface area contributed by atoms with Gasteiger partial charge in [0.1, 0.15) is 5.69 Å². The molecule has 194 valence electrons. The molecular weight excluding hydrogens is 472 g/mol. The van der Waals surface area contributed by atoms with Crippen LogP contribution >= 0.6 is 0 Å². The summed E-state index contributed by atoms with van der Waals surface area (Å²) in [4.78, 5) is 43.6. The Balaban J connectivity index is 1.62. The average Bonchev–Trinajstić information content (AvgIpc) is 2.97. The molecule has 3 N–H and O–H groups in total. The molecule has 2 amide bonds. The van der Waals surface area contributed by atoms with E-state index in [1.165, 1.54) is 8.61 Å². The minimum atomic E-state index is -3.93. The van der Waals surface area contributed by atoms with E-state index in [1.54, 1.807) is 36.2 Å². The lowest BCUT2D eigenvalue weighted by molar-refractivity contribution is -0.128. The highest BCUT2D eigenvalue weighted by molar-refractivity contribution is 7.86. The normalized spacial score (nSPS) is 23.7. The maximum Gasteiger partial charge on any atom is 0.282 e. The van der Waals surface area contributed by atoms with Gasteiger partial charge in [-0.15, -0.1) is 0 Å². The molecule has 2 aliphatic rings. The number of nitrogens with zero attached hydrogens (tertiary/aromatic N) is 4. The maximum atomic E-state index is 13.4. The molecule has 0 bridgehead atoms. The topological polar surface area (TPSA) is 146 Å². The summed E-state index contributed by atoms with van der Waals surface area (Å²) in [5, 5.41) is 2.72. The first-order chi connectivity index (χ1) is 16.5. The van der Waals surface area contributed by atoms with Crippen LogP contribution in [0.4, 0.5) is 0 Å². The Kier molecular flexibility index (Phi) is 8.97. The number of aromatic nitrogens is 1. The van der Waals surface area contributed by atoms with Gasteiger partial charge in [0, 0.05) is 38.4 Å². The molecule has 0 saturated carbocycles. The molecule has 1 aromatic rings. The molecule has 1 aromatic heterocycles. The van der Waals surface area contributed by atoms with E-state index in [-0.39, 0.29) is 50.3 Å². The second-order valence-corrected chi connectivity index (χ2v) is 11.5. The minimum Gasteiger partial charge on any atom is -0.345 e. The number of hydrogen-bond donors (Lipinski definition) is 2. The van der Waals surface area contributed by atoms with E-state index in [1.807, 2.05) is 13.8 Å². The van der Waals surface area contributed by atoms with Crippen molar-refractivity contribution in [3.63, 3.8) is 0 Å². The van der Waals surface area contributed by atoms with Crippen LogP contribution in [0.25, 0.3) is 0 Å². The van der Waals surface area contributed by atoms with Crippen molar-refractivity contribution in [2.75, 3.05) is 32.7 Å². The number of Topliss-reactive ketones (excluding diaryl/α,β-unsaturated/α-hetero) is 1. The fourth-order valence-electron chi connectivity index (χ4n) is 4.41. The fraction of sp³-hybridized carbons (Fsp3) is 0.652. The molecule has 0 radical (unpaired) electrons. The molecule has 2 saturated heterocycles. The van der Waals surface area contributed by atoms with Gasteiger partial charge in [-0.2, -0.15) is 17.0 Å². The van der Waals surface area contributed by atoms with Crippen LogP contribution in [0.5, 0.6) is 0 Å². The van der Waals surface area contributed by atoms with Crippen LogP contribution in [0.2, 0.25) is 0 Å². The van der Waals surface area contributed by atoms with E-state index >= 15 is 0 Å². The first kappa shape index (κ1) is 27.2. The van der Waals surface area contributed by atoms with Crippen molar-refractivity contribution in [2.24, 2.45) is 11.7 Å². The van der Waals surface area contributed by atoms with E-state index in [9.17, 15) is 22.8 Å². The number of carbonyl (C=O) groups excluding carboxylic acids is 3. The second kappa shape index (κ2) is 11.5. The molecule has 12 heteroatoms.